The summed E-state index contributed by atoms with van der Waals surface area (Å²) in [6.45, 7) is 4.05. The minimum atomic E-state index is -0.321. The van der Waals surface area contributed by atoms with Crippen molar-refractivity contribution in [3.05, 3.63) is 28.2 Å². The summed E-state index contributed by atoms with van der Waals surface area (Å²) in [5, 5.41) is 3.36. The van der Waals surface area contributed by atoms with Crippen LogP contribution in [0.2, 0.25) is 10.0 Å². The number of nitrogens with zero attached hydrogens (tertiary/aromatic N) is 1. The molecular formula is C13H16Cl2N2O2. The molecular weight excluding hydrogens is 287 g/mol. The van der Waals surface area contributed by atoms with Crippen LogP contribution in [0.25, 0.3) is 0 Å². The molecule has 1 N–H and O–H groups in total. The van der Waals surface area contributed by atoms with Crippen LogP contribution in [0.4, 0.5) is 5.69 Å². The van der Waals surface area contributed by atoms with Crippen LogP contribution in [-0.2, 0) is 9.59 Å². The van der Waals surface area contributed by atoms with Gasteiger partial charge in [-0.25, -0.2) is 0 Å². The summed E-state index contributed by atoms with van der Waals surface area (Å²) in [7, 11) is 0. The Labute approximate surface area is 122 Å². The van der Waals surface area contributed by atoms with Crippen molar-refractivity contribution in [2.75, 3.05) is 18.4 Å². The second-order valence-corrected chi connectivity index (χ2v) is 4.72. The van der Waals surface area contributed by atoms with Gasteiger partial charge in [-0.05, 0) is 19.1 Å². The highest BCUT2D eigenvalue weighted by atomic mass is 35.5. The molecule has 6 heteroatoms. The Morgan fingerprint density at radius 1 is 1.21 bits per heavy atom. The smallest absolute Gasteiger partial charge is 0.244 e. The monoisotopic (exact) mass is 302 g/mol. The first-order valence-corrected chi connectivity index (χ1v) is 6.76. The molecule has 0 heterocycles. The number of nitrogens with one attached hydrogen (secondary N) is 1. The van der Waals surface area contributed by atoms with E-state index in [2.05, 4.69) is 5.32 Å². The maximum atomic E-state index is 11.9. The maximum Gasteiger partial charge on any atom is 0.244 e. The zero-order valence-electron chi connectivity index (χ0n) is 10.9. The Morgan fingerprint density at radius 2 is 1.79 bits per heavy atom. The van der Waals surface area contributed by atoms with E-state index in [0.717, 1.165) is 0 Å². The quantitative estimate of drug-likeness (QED) is 0.908. The number of para-hydroxylation sites is 1. The Balaban J connectivity index is 2.72. The number of carbonyl (C=O) groups excluding carboxylic acids is 2. The molecule has 0 saturated carbocycles. The first kappa shape index (κ1) is 15.8. The Hall–Kier alpha value is -1.26. The number of anilines is 1. The molecule has 0 unspecified atom stereocenters. The number of likely N-dealkylation sites (N-methyl/N-ethyl adjacent to an activating group) is 1. The van der Waals surface area contributed by atoms with Crippen molar-refractivity contribution >= 4 is 40.7 Å². The third-order valence-electron chi connectivity index (χ3n) is 2.60. The molecule has 4 nitrogen and oxygen atoms in total. The van der Waals surface area contributed by atoms with Crippen LogP contribution in [0.1, 0.15) is 20.3 Å². The van der Waals surface area contributed by atoms with Gasteiger partial charge in [-0.2, -0.15) is 0 Å². The lowest BCUT2D eigenvalue weighted by Gasteiger charge is -2.20. The molecule has 0 aliphatic heterocycles. The van der Waals surface area contributed by atoms with E-state index in [4.69, 9.17) is 23.2 Å². The fraction of sp³-hybridized carbons (Fsp3) is 0.385. The van der Waals surface area contributed by atoms with E-state index in [0.29, 0.717) is 28.7 Å². The van der Waals surface area contributed by atoms with Gasteiger partial charge in [0.2, 0.25) is 11.8 Å². The van der Waals surface area contributed by atoms with Gasteiger partial charge in [-0.3, -0.25) is 9.59 Å². The molecule has 19 heavy (non-hydrogen) atoms. The second-order valence-electron chi connectivity index (χ2n) is 3.91. The van der Waals surface area contributed by atoms with Gasteiger partial charge in [0.1, 0.15) is 0 Å². The van der Waals surface area contributed by atoms with Gasteiger partial charge in [-0.15, -0.1) is 0 Å². The van der Waals surface area contributed by atoms with E-state index in [1.54, 1.807) is 25.1 Å². The number of amides is 2. The summed E-state index contributed by atoms with van der Waals surface area (Å²) in [6, 6.07) is 4.97. The Morgan fingerprint density at radius 3 is 2.26 bits per heavy atom. The zero-order valence-corrected chi connectivity index (χ0v) is 12.4. The number of carbonyl (C=O) groups is 2. The van der Waals surface area contributed by atoms with Gasteiger partial charge in [0.05, 0.1) is 22.3 Å². The van der Waals surface area contributed by atoms with Crippen LogP contribution in [-0.4, -0.2) is 29.8 Å². The van der Waals surface area contributed by atoms with Crippen molar-refractivity contribution in [2.45, 2.75) is 20.3 Å². The Kier molecular flexibility index (Phi) is 6.12. The number of halogens is 2. The lowest BCUT2D eigenvalue weighted by atomic mass is 10.3. The van der Waals surface area contributed by atoms with Gasteiger partial charge in [-0.1, -0.05) is 36.2 Å². The summed E-state index contributed by atoms with van der Waals surface area (Å²) < 4.78 is 0. The van der Waals surface area contributed by atoms with E-state index in [9.17, 15) is 9.59 Å². The molecule has 0 aromatic heterocycles. The molecule has 0 aliphatic carbocycles. The average Bonchev–Trinajstić information content (AvgIpc) is 2.39. The highest BCUT2D eigenvalue weighted by Crippen LogP contribution is 2.29. The van der Waals surface area contributed by atoms with Crippen molar-refractivity contribution in [2.24, 2.45) is 0 Å². The SMILES string of the molecule is CCC(=O)N(CC)CC(=O)Nc1c(Cl)cccc1Cl. The predicted octanol–water partition coefficient (Wildman–Crippen LogP) is 3.19. The summed E-state index contributed by atoms with van der Waals surface area (Å²) in [5.74, 6) is -0.387. The van der Waals surface area contributed by atoms with Gasteiger partial charge in [0.15, 0.2) is 0 Å². The summed E-state index contributed by atoms with van der Waals surface area (Å²) in [5.41, 5.74) is 0.371. The molecule has 104 valence electrons. The lowest BCUT2D eigenvalue weighted by Crippen LogP contribution is -2.37. The van der Waals surface area contributed by atoms with Gasteiger partial charge >= 0.3 is 0 Å². The molecule has 1 aromatic carbocycles. The number of rotatable bonds is 5. The minimum Gasteiger partial charge on any atom is -0.334 e. The van der Waals surface area contributed by atoms with Crippen LogP contribution in [0.5, 0.6) is 0 Å². The lowest BCUT2D eigenvalue weighted by molar-refractivity contribution is -0.134. The first-order chi connectivity index (χ1) is 8.99. The number of hydrogen-bond donors (Lipinski definition) is 1. The summed E-state index contributed by atoms with van der Waals surface area (Å²) in [4.78, 5) is 24.9. The zero-order chi connectivity index (χ0) is 14.4. The molecule has 2 amide bonds. The topological polar surface area (TPSA) is 49.4 Å². The average molecular weight is 303 g/mol. The van der Waals surface area contributed by atoms with Gasteiger partial charge < -0.3 is 10.2 Å². The van der Waals surface area contributed by atoms with Crippen LogP contribution in [0.3, 0.4) is 0 Å². The first-order valence-electron chi connectivity index (χ1n) is 6.01. The van der Waals surface area contributed by atoms with Crippen LogP contribution in [0.15, 0.2) is 18.2 Å². The van der Waals surface area contributed by atoms with Crippen molar-refractivity contribution in [3.63, 3.8) is 0 Å². The van der Waals surface area contributed by atoms with E-state index < -0.39 is 0 Å². The summed E-state index contributed by atoms with van der Waals surface area (Å²) in [6.07, 6.45) is 0.369. The number of hydrogen-bond acceptors (Lipinski definition) is 2. The fourth-order valence-corrected chi connectivity index (χ4v) is 2.06. The third-order valence-corrected chi connectivity index (χ3v) is 3.23. The normalized spacial score (nSPS) is 10.1. The largest absolute Gasteiger partial charge is 0.334 e. The van der Waals surface area contributed by atoms with Crippen molar-refractivity contribution in [3.8, 4) is 0 Å². The molecule has 0 saturated heterocycles. The highest BCUT2D eigenvalue weighted by Gasteiger charge is 2.15. The molecule has 0 bridgehead atoms. The van der Waals surface area contributed by atoms with Crippen molar-refractivity contribution < 1.29 is 9.59 Å². The predicted molar refractivity (Wildman–Crippen MR) is 77.6 cm³/mol. The fourth-order valence-electron chi connectivity index (χ4n) is 1.57. The molecule has 0 aliphatic rings. The van der Waals surface area contributed by atoms with Crippen LogP contribution >= 0.6 is 23.2 Å². The van der Waals surface area contributed by atoms with Crippen LogP contribution in [0, 0.1) is 0 Å². The molecule has 0 spiro atoms. The van der Waals surface area contributed by atoms with E-state index in [1.165, 1.54) is 4.90 Å². The van der Waals surface area contributed by atoms with Gasteiger partial charge in [0.25, 0.3) is 0 Å². The standard InChI is InChI=1S/C13H16Cl2N2O2/c1-3-12(19)17(4-2)8-11(18)16-13-9(14)6-5-7-10(13)15/h5-7H,3-4,8H2,1-2H3,(H,16,18). The number of benzene rings is 1. The molecule has 1 aromatic rings. The highest BCUT2D eigenvalue weighted by molar-refractivity contribution is 6.39. The second kappa shape index (κ2) is 7.36. The van der Waals surface area contributed by atoms with E-state index >= 15 is 0 Å². The molecule has 0 radical (unpaired) electrons. The van der Waals surface area contributed by atoms with Crippen molar-refractivity contribution in [1.82, 2.24) is 4.90 Å². The molecule has 0 fully saturated rings. The van der Waals surface area contributed by atoms with E-state index in [-0.39, 0.29) is 18.4 Å². The van der Waals surface area contributed by atoms with E-state index in [1.807, 2.05) is 6.92 Å². The summed E-state index contributed by atoms with van der Waals surface area (Å²) >= 11 is 11.9. The Bertz CT molecular complexity index is 457. The third kappa shape index (κ3) is 4.40. The van der Waals surface area contributed by atoms with Gasteiger partial charge in [0, 0.05) is 13.0 Å². The minimum absolute atomic E-state index is 0.00920. The van der Waals surface area contributed by atoms with Crippen LogP contribution < -0.4 is 5.32 Å². The van der Waals surface area contributed by atoms with Crippen molar-refractivity contribution in [1.29, 1.82) is 0 Å². The molecule has 1 rings (SSSR count). The maximum absolute atomic E-state index is 11.9. The molecule has 0 atom stereocenters.